The molecular weight excluding hydrogens is 288 g/mol. The summed E-state index contributed by atoms with van der Waals surface area (Å²) < 4.78 is 5.17. The molecule has 1 saturated carbocycles. The molecule has 4 heteroatoms. The predicted octanol–water partition coefficient (Wildman–Crippen LogP) is 2.80. The van der Waals surface area contributed by atoms with E-state index in [2.05, 4.69) is 10.6 Å². The van der Waals surface area contributed by atoms with Crippen molar-refractivity contribution in [3.05, 3.63) is 65.7 Å². The monoisotopic (exact) mass is 310 g/mol. The summed E-state index contributed by atoms with van der Waals surface area (Å²) >= 11 is 0. The maximum atomic E-state index is 12.5. The van der Waals surface area contributed by atoms with E-state index in [1.807, 2.05) is 54.6 Å². The Hall–Kier alpha value is -2.33. The first-order chi connectivity index (χ1) is 11.3. The number of amides is 1. The normalized spacial score (nSPS) is 15.0. The third-order valence-electron chi connectivity index (χ3n) is 3.99. The molecule has 4 nitrogen and oxygen atoms in total. The summed E-state index contributed by atoms with van der Waals surface area (Å²) in [6, 6.07) is 17.7. The lowest BCUT2D eigenvalue weighted by Crippen LogP contribution is -2.38. The van der Waals surface area contributed by atoms with Gasteiger partial charge in [-0.05, 0) is 36.1 Å². The minimum absolute atomic E-state index is 0.0483. The van der Waals surface area contributed by atoms with E-state index in [0.29, 0.717) is 12.6 Å². The van der Waals surface area contributed by atoms with Crippen LogP contribution in [0.5, 0.6) is 5.75 Å². The van der Waals surface area contributed by atoms with Gasteiger partial charge in [-0.15, -0.1) is 0 Å². The highest BCUT2D eigenvalue weighted by Gasteiger charge is 2.28. The average Bonchev–Trinajstić information content (AvgIpc) is 3.40. The van der Waals surface area contributed by atoms with Crippen molar-refractivity contribution in [3.63, 3.8) is 0 Å². The van der Waals surface area contributed by atoms with Crippen LogP contribution in [0.3, 0.4) is 0 Å². The van der Waals surface area contributed by atoms with Gasteiger partial charge in [0.15, 0.2) is 0 Å². The molecule has 1 aliphatic carbocycles. The molecule has 0 radical (unpaired) electrons. The molecule has 0 unspecified atom stereocenters. The smallest absolute Gasteiger partial charge is 0.241 e. The lowest BCUT2D eigenvalue weighted by molar-refractivity contribution is -0.123. The van der Waals surface area contributed by atoms with Crippen molar-refractivity contribution in [1.29, 1.82) is 0 Å². The number of benzene rings is 2. The lowest BCUT2D eigenvalue weighted by Gasteiger charge is -2.19. The maximum absolute atomic E-state index is 12.5. The van der Waals surface area contributed by atoms with Gasteiger partial charge in [0.2, 0.25) is 5.91 Å². The second-order valence-corrected chi connectivity index (χ2v) is 5.86. The van der Waals surface area contributed by atoms with Crippen molar-refractivity contribution >= 4 is 5.91 Å². The molecular formula is C19H22N2O2. The number of carbonyl (C=O) groups excluding carboxylic acids is 1. The molecule has 0 spiro atoms. The van der Waals surface area contributed by atoms with Crippen molar-refractivity contribution in [2.45, 2.75) is 31.5 Å². The van der Waals surface area contributed by atoms with E-state index in [1.54, 1.807) is 7.11 Å². The summed E-state index contributed by atoms with van der Waals surface area (Å²) in [7, 11) is 1.65. The van der Waals surface area contributed by atoms with Crippen molar-refractivity contribution in [3.8, 4) is 5.75 Å². The van der Waals surface area contributed by atoms with Crippen LogP contribution in [0.25, 0.3) is 0 Å². The maximum Gasteiger partial charge on any atom is 0.241 e. The Balaban J connectivity index is 1.68. The molecule has 1 aliphatic rings. The first kappa shape index (κ1) is 15.6. The number of hydrogen-bond donors (Lipinski definition) is 2. The molecule has 3 rings (SSSR count). The summed E-state index contributed by atoms with van der Waals surface area (Å²) in [5, 5.41) is 6.46. The highest BCUT2D eigenvalue weighted by Crippen LogP contribution is 2.21. The summed E-state index contributed by atoms with van der Waals surface area (Å²) in [6.45, 7) is 0.627. The van der Waals surface area contributed by atoms with Gasteiger partial charge in [-0.2, -0.15) is 0 Å². The van der Waals surface area contributed by atoms with Gasteiger partial charge >= 0.3 is 0 Å². The SMILES string of the molecule is COc1ccc(CN[C@H](C(=O)NC2CC2)c2ccccc2)cc1. The molecule has 2 aromatic rings. The Bertz CT molecular complexity index is 636. The van der Waals surface area contributed by atoms with Gasteiger partial charge in [0.25, 0.3) is 0 Å². The van der Waals surface area contributed by atoms with Gasteiger partial charge in [0, 0.05) is 12.6 Å². The van der Waals surface area contributed by atoms with Gasteiger partial charge < -0.3 is 10.1 Å². The molecule has 2 N–H and O–H groups in total. The molecule has 1 amide bonds. The van der Waals surface area contributed by atoms with E-state index >= 15 is 0 Å². The number of methoxy groups -OCH3 is 1. The van der Waals surface area contributed by atoms with E-state index in [-0.39, 0.29) is 11.9 Å². The largest absolute Gasteiger partial charge is 0.497 e. The average molecular weight is 310 g/mol. The number of ether oxygens (including phenoxy) is 1. The number of nitrogens with one attached hydrogen (secondary N) is 2. The molecule has 120 valence electrons. The quantitative estimate of drug-likeness (QED) is 0.827. The van der Waals surface area contributed by atoms with Gasteiger partial charge in [0.05, 0.1) is 7.11 Å². The Labute approximate surface area is 136 Å². The van der Waals surface area contributed by atoms with Gasteiger partial charge in [-0.25, -0.2) is 0 Å². The van der Waals surface area contributed by atoms with Gasteiger partial charge in [-0.1, -0.05) is 42.5 Å². The number of rotatable bonds is 7. The molecule has 0 bridgehead atoms. The molecule has 2 aromatic carbocycles. The van der Waals surface area contributed by atoms with Crippen LogP contribution in [0.1, 0.15) is 30.0 Å². The van der Waals surface area contributed by atoms with Crippen LogP contribution in [0.4, 0.5) is 0 Å². The number of hydrogen-bond acceptors (Lipinski definition) is 3. The molecule has 23 heavy (non-hydrogen) atoms. The molecule has 0 heterocycles. The Morgan fingerprint density at radius 1 is 1.13 bits per heavy atom. The molecule has 0 saturated heterocycles. The van der Waals surface area contributed by atoms with Crippen molar-refractivity contribution in [2.24, 2.45) is 0 Å². The summed E-state index contributed by atoms with van der Waals surface area (Å²) in [4.78, 5) is 12.5. The molecule has 1 fully saturated rings. The van der Waals surface area contributed by atoms with Crippen LogP contribution < -0.4 is 15.4 Å². The van der Waals surface area contributed by atoms with E-state index < -0.39 is 0 Å². The zero-order valence-corrected chi connectivity index (χ0v) is 13.3. The highest BCUT2D eigenvalue weighted by atomic mass is 16.5. The second-order valence-electron chi connectivity index (χ2n) is 5.86. The molecule has 0 aromatic heterocycles. The van der Waals surface area contributed by atoms with Crippen molar-refractivity contribution in [1.82, 2.24) is 10.6 Å². The summed E-state index contributed by atoms with van der Waals surface area (Å²) in [5.41, 5.74) is 2.10. The minimum atomic E-state index is -0.334. The zero-order valence-electron chi connectivity index (χ0n) is 13.3. The Kier molecular flexibility index (Phi) is 4.93. The predicted molar refractivity (Wildman–Crippen MR) is 90.2 cm³/mol. The van der Waals surface area contributed by atoms with Crippen LogP contribution in [0.2, 0.25) is 0 Å². The first-order valence-electron chi connectivity index (χ1n) is 7.98. The van der Waals surface area contributed by atoms with Gasteiger partial charge in [-0.3, -0.25) is 10.1 Å². The first-order valence-corrected chi connectivity index (χ1v) is 7.98. The Morgan fingerprint density at radius 3 is 2.43 bits per heavy atom. The van der Waals surface area contributed by atoms with E-state index in [0.717, 1.165) is 29.7 Å². The topological polar surface area (TPSA) is 50.4 Å². The van der Waals surface area contributed by atoms with Crippen LogP contribution in [-0.2, 0) is 11.3 Å². The van der Waals surface area contributed by atoms with E-state index in [4.69, 9.17) is 4.74 Å². The fourth-order valence-corrected chi connectivity index (χ4v) is 2.48. The van der Waals surface area contributed by atoms with Crippen molar-refractivity contribution in [2.75, 3.05) is 7.11 Å². The van der Waals surface area contributed by atoms with E-state index in [9.17, 15) is 4.79 Å². The summed E-state index contributed by atoms with van der Waals surface area (Å²) in [5.74, 6) is 0.882. The lowest BCUT2D eigenvalue weighted by atomic mass is 10.1. The molecule has 1 atom stereocenters. The van der Waals surface area contributed by atoms with Crippen LogP contribution in [0.15, 0.2) is 54.6 Å². The third-order valence-corrected chi connectivity index (χ3v) is 3.99. The summed E-state index contributed by atoms with van der Waals surface area (Å²) in [6.07, 6.45) is 2.18. The van der Waals surface area contributed by atoms with Gasteiger partial charge in [0.1, 0.15) is 11.8 Å². The number of carbonyl (C=O) groups is 1. The highest BCUT2D eigenvalue weighted by molar-refractivity contribution is 5.83. The standard InChI is InChI=1S/C19H22N2O2/c1-23-17-11-7-14(8-12-17)13-20-18(15-5-3-2-4-6-15)19(22)21-16-9-10-16/h2-8,11-12,16,18,20H,9-10,13H2,1H3,(H,21,22)/t18-/m0/s1. The fraction of sp³-hybridized carbons (Fsp3) is 0.316. The minimum Gasteiger partial charge on any atom is -0.497 e. The van der Waals surface area contributed by atoms with Crippen molar-refractivity contribution < 1.29 is 9.53 Å². The second kappa shape index (κ2) is 7.29. The van der Waals surface area contributed by atoms with Crippen LogP contribution in [-0.4, -0.2) is 19.1 Å². The molecule has 0 aliphatic heterocycles. The zero-order chi connectivity index (χ0) is 16.1. The fourth-order valence-electron chi connectivity index (χ4n) is 2.48. The van der Waals surface area contributed by atoms with E-state index in [1.165, 1.54) is 0 Å². The Morgan fingerprint density at radius 2 is 1.83 bits per heavy atom. The van der Waals surface area contributed by atoms with Crippen LogP contribution >= 0.6 is 0 Å². The third kappa shape index (κ3) is 4.33. The van der Waals surface area contributed by atoms with Crippen LogP contribution in [0, 0.1) is 0 Å².